The molecule has 0 spiro atoms. The average molecular weight is 691 g/mol. The van der Waals surface area contributed by atoms with Gasteiger partial charge in [-0.2, -0.15) is 0 Å². The monoisotopic (exact) mass is 690 g/mol. The molecule has 4 heteroatoms. The molecule has 2 aliphatic rings. The highest BCUT2D eigenvalue weighted by atomic mass is 15.3. The summed E-state index contributed by atoms with van der Waals surface area (Å²) in [7, 11) is 0. The highest BCUT2D eigenvalue weighted by molar-refractivity contribution is 6.23. The summed E-state index contributed by atoms with van der Waals surface area (Å²) in [6.07, 6.45) is 2.08. The van der Waals surface area contributed by atoms with Gasteiger partial charge in [-0.25, -0.2) is 0 Å². The Morgan fingerprint density at radius 1 is 0.463 bits per heavy atom. The molecule has 12 rings (SSSR count). The fourth-order valence-electron chi connectivity index (χ4n) is 9.38. The Hall–Kier alpha value is -6.88. The summed E-state index contributed by atoms with van der Waals surface area (Å²) < 4.78 is 5.04. The largest absolute Gasteiger partial charge is 0.352 e. The lowest BCUT2D eigenvalue weighted by Gasteiger charge is -2.34. The molecule has 0 bridgehead atoms. The maximum atomic E-state index is 4.04. The molecular formula is C50H34N4. The molecule has 0 aliphatic carbocycles. The van der Waals surface area contributed by atoms with Crippen molar-refractivity contribution in [1.82, 2.24) is 19.8 Å². The SMILES string of the molecule is C1=C(c2ccccc2)NC(n2c3cc4c(cc3c3c5ccccc5ccc32)-c2ccccc2-c2cccc3c5ccccc5n-4c23)NC1c1ccccc1. The normalized spacial score (nSPS) is 16.3. The van der Waals surface area contributed by atoms with E-state index in [0.717, 1.165) is 5.70 Å². The second kappa shape index (κ2) is 11.3. The van der Waals surface area contributed by atoms with E-state index in [0.29, 0.717) is 0 Å². The third kappa shape index (κ3) is 4.17. The van der Waals surface area contributed by atoms with Crippen molar-refractivity contribution in [3.05, 3.63) is 193 Å². The minimum atomic E-state index is -0.249. The molecule has 2 aliphatic heterocycles. The number of nitrogens with one attached hydrogen (secondary N) is 2. The zero-order chi connectivity index (χ0) is 35.3. The average Bonchev–Trinajstić information content (AvgIpc) is 3.72. The second-order valence-corrected chi connectivity index (χ2v) is 14.6. The number of fused-ring (bicyclic) bond motifs is 13. The first kappa shape index (κ1) is 29.7. The van der Waals surface area contributed by atoms with Crippen molar-refractivity contribution >= 4 is 60.1 Å². The molecule has 2 unspecified atom stereocenters. The summed E-state index contributed by atoms with van der Waals surface area (Å²) >= 11 is 0. The Bertz CT molecular complexity index is 3170. The first-order valence-corrected chi connectivity index (χ1v) is 18.8. The number of benzene rings is 8. The summed E-state index contributed by atoms with van der Waals surface area (Å²) in [5.41, 5.74) is 14.5. The number of hydrogen-bond acceptors (Lipinski definition) is 2. The van der Waals surface area contributed by atoms with Crippen LogP contribution in [0, 0.1) is 0 Å². The predicted molar refractivity (Wildman–Crippen MR) is 225 cm³/mol. The van der Waals surface area contributed by atoms with Crippen LogP contribution in [-0.2, 0) is 0 Å². The first-order valence-electron chi connectivity index (χ1n) is 18.8. The van der Waals surface area contributed by atoms with Gasteiger partial charge < -0.3 is 14.5 Å². The van der Waals surface area contributed by atoms with Crippen molar-refractivity contribution in [1.29, 1.82) is 0 Å². The van der Waals surface area contributed by atoms with Gasteiger partial charge in [0.15, 0.2) is 6.29 Å². The molecule has 2 N–H and O–H groups in total. The van der Waals surface area contributed by atoms with E-state index in [9.17, 15) is 0 Å². The fourth-order valence-corrected chi connectivity index (χ4v) is 9.38. The topological polar surface area (TPSA) is 33.9 Å². The molecule has 4 nitrogen and oxygen atoms in total. The lowest BCUT2D eigenvalue weighted by Crippen LogP contribution is -2.43. The Balaban J connectivity index is 1.21. The van der Waals surface area contributed by atoms with Gasteiger partial charge in [-0.15, -0.1) is 0 Å². The van der Waals surface area contributed by atoms with Gasteiger partial charge in [-0.05, 0) is 63.4 Å². The molecule has 54 heavy (non-hydrogen) atoms. The van der Waals surface area contributed by atoms with E-state index < -0.39 is 0 Å². The molecule has 254 valence electrons. The second-order valence-electron chi connectivity index (χ2n) is 14.6. The lowest BCUT2D eigenvalue weighted by atomic mass is 9.92. The van der Waals surface area contributed by atoms with E-state index in [4.69, 9.17) is 0 Å². The van der Waals surface area contributed by atoms with E-state index >= 15 is 0 Å². The van der Waals surface area contributed by atoms with E-state index in [2.05, 4.69) is 202 Å². The van der Waals surface area contributed by atoms with Crippen LogP contribution in [0.4, 0.5) is 0 Å². The highest BCUT2D eigenvalue weighted by Crippen LogP contribution is 2.49. The number of hydrogen-bond donors (Lipinski definition) is 2. The zero-order valence-electron chi connectivity index (χ0n) is 29.4. The van der Waals surface area contributed by atoms with Crippen molar-refractivity contribution in [2.45, 2.75) is 12.3 Å². The van der Waals surface area contributed by atoms with Crippen molar-refractivity contribution in [3.63, 3.8) is 0 Å². The molecule has 0 radical (unpaired) electrons. The molecule has 4 heterocycles. The summed E-state index contributed by atoms with van der Waals surface area (Å²) in [6.45, 7) is 0. The summed E-state index contributed by atoms with van der Waals surface area (Å²) in [6, 6.07) is 64.5. The van der Waals surface area contributed by atoms with E-state index in [1.165, 1.54) is 93.5 Å². The Kier molecular flexibility index (Phi) is 6.21. The number of aromatic nitrogens is 2. The summed E-state index contributed by atoms with van der Waals surface area (Å²) in [4.78, 5) is 0. The van der Waals surface area contributed by atoms with Crippen LogP contribution in [0.2, 0.25) is 0 Å². The molecule has 10 aromatic rings. The van der Waals surface area contributed by atoms with Crippen LogP contribution in [0.5, 0.6) is 0 Å². The third-order valence-corrected chi connectivity index (χ3v) is 11.7. The van der Waals surface area contributed by atoms with Crippen LogP contribution in [0.1, 0.15) is 23.5 Å². The van der Waals surface area contributed by atoms with E-state index in [1.54, 1.807) is 0 Å². The van der Waals surface area contributed by atoms with Gasteiger partial charge >= 0.3 is 0 Å². The predicted octanol–water partition coefficient (Wildman–Crippen LogP) is 12.1. The van der Waals surface area contributed by atoms with Gasteiger partial charge in [0.05, 0.1) is 33.8 Å². The molecule has 0 fully saturated rings. The number of para-hydroxylation sites is 2. The van der Waals surface area contributed by atoms with Crippen molar-refractivity contribution in [2.75, 3.05) is 0 Å². The van der Waals surface area contributed by atoms with Crippen LogP contribution in [-0.4, -0.2) is 9.13 Å². The molecule has 0 saturated carbocycles. The molecule has 0 saturated heterocycles. The van der Waals surface area contributed by atoms with Crippen LogP contribution in [0.3, 0.4) is 0 Å². The fraction of sp³-hybridized carbons (Fsp3) is 0.0400. The van der Waals surface area contributed by atoms with Crippen LogP contribution in [0.25, 0.3) is 88.0 Å². The highest BCUT2D eigenvalue weighted by Gasteiger charge is 2.30. The van der Waals surface area contributed by atoms with Gasteiger partial charge in [0.2, 0.25) is 0 Å². The van der Waals surface area contributed by atoms with E-state index in [-0.39, 0.29) is 12.3 Å². The van der Waals surface area contributed by atoms with Crippen LogP contribution >= 0.6 is 0 Å². The van der Waals surface area contributed by atoms with Crippen LogP contribution < -0.4 is 10.6 Å². The smallest absolute Gasteiger partial charge is 0.160 e. The maximum absolute atomic E-state index is 4.04. The standard InChI is InChI=1S/C50H34N4/c1-3-15-32(16-4-1)42-29-43(33-17-5-2-6-18-33)52-50(51-42)54-45-27-26-31-14-7-8-19-34(31)48(45)41-28-40-36-21-10-9-20-35(36)38-23-13-24-39-37-22-11-12-25-44(37)53(49(38)39)46(40)30-47(41)54/h1-30,42,50-52H. The quantitative estimate of drug-likeness (QED) is 0.193. The zero-order valence-corrected chi connectivity index (χ0v) is 29.4. The van der Waals surface area contributed by atoms with Crippen molar-refractivity contribution in [3.8, 4) is 27.9 Å². The minimum Gasteiger partial charge on any atom is -0.352 e. The maximum Gasteiger partial charge on any atom is 0.160 e. The third-order valence-electron chi connectivity index (χ3n) is 11.7. The minimum absolute atomic E-state index is 0.00629. The molecule has 2 atom stereocenters. The lowest BCUT2D eigenvalue weighted by molar-refractivity contribution is 0.350. The Morgan fingerprint density at radius 3 is 2.00 bits per heavy atom. The van der Waals surface area contributed by atoms with Gasteiger partial charge in [-0.3, -0.25) is 5.32 Å². The first-order chi connectivity index (χ1) is 26.8. The van der Waals surface area contributed by atoms with E-state index in [1.807, 2.05) is 0 Å². The summed E-state index contributed by atoms with van der Waals surface area (Å²) in [5.74, 6) is 0. The molecule has 0 amide bonds. The van der Waals surface area contributed by atoms with Gasteiger partial charge in [0, 0.05) is 38.4 Å². The number of nitrogens with zero attached hydrogens (tertiary/aromatic N) is 2. The van der Waals surface area contributed by atoms with Crippen molar-refractivity contribution in [2.24, 2.45) is 0 Å². The summed E-state index contributed by atoms with van der Waals surface area (Å²) in [5, 5.41) is 15.6. The van der Waals surface area contributed by atoms with Crippen LogP contribution in [0.15, 0.2) is 182 Å². The van der Waals surface area contributed by atoms with Gasteiger partial charge in [-0.1, -0.05) is 152 Å². The van der Waals surface area contributed by atoms with Gasteiger partial charge in [0.1, 0.15) is 0 Å². The molecular weight excluding hydrogens is 657 g/mol. The number of rotatable bonds is 3. The molecule has 2 aromatic heterocycles. The van der Waals surface area contributed by atoms with Crippen molar-refractivity contribution < 1.29 is 0 Å². The van der Waals surface area contributed by atoms with Gasteiger partial charge in [0.25, 0.3) is 0 Å². The molecule has 8 aromatic carbocycles. The Morgan fingerprint density at radius 2 is 1.15 bits per heavy atom. The Labute approximate surface area is 312 Å².